The molecule has 17 heavy (non-hydrogen) atoms. The summed E-state index contributed by atoms with van der Waals surface area (Å²) in [6, 6.07) is 4.37. The minimum absolute atomic E-state index is 0.324. The molecule has 2 aromatic rings. The van der Waals surface area contributed by atoms with Crippen molar-refractivity contribution in [3.63, 3.8) is 0 Å². The van der Waals surface area contributed by atoms with E-state index in [2.05, 4.69) is 31.2 Å². The Hall–Kier alpha value is -1.69. The van der Waals surface area contributed by atoms with Crippen molar-refractivity contribution in [2.45, 2.75) is 6.92 Å². The van der Waals surface area contributed by atoms with Crippen molar-refractivity contribution in [1.29, 1.82) is 0 Å². The van der Waals surface area contributed by atoms with Gasteiger partial charge in [-0.15, -0.1) is 0 Å². The first-order valence-corrected chi connectivity index (χ1v) is 5.66. The van der Waals surface area contributed by atoms with E-state index < -0.39 is 0 Å². The lowest BCUT2D eigenvalue weighted by molar-refractivity contribution is 0.628. The van der Waals surface area contributed by atoms with E-state index in [0.29, 0.717) is 17.3 Å². The van der Waals surface area contributed by atoms with Gasteiger partial charge in [-0.05, 0) is 41.1 Å². The fourth-order valence-electron chi connectivity index (χ4n) is 1.31. The standard InChI is InChI=1S/C11H10BrFN4/c1-6-10(14)15-5-16-11(6)17-9-4-7(13)2-3-8(9)12/h2-5H,1H3,(H3,14,15,16,17). The smallest absolute Gasteiger partial charge is 0.138 e. The Labute approximate surface area is 106 Å². The van der Waals surface area contributed by atoms with Gasteiger partial charge in [0.1, 0.15) is 23.8 Å². The maximum absolute atomic E-state index is 13.1. The lowest BCUT2D eigenvalue weighted by atomic mass is 10.2. The zero-order valence-corrected chi connectivity index (χ0v) is 10.6. The molecular weight excluding hydrogens is 287 g/mol. The van der Waals surface area contributed by atoms with Crippen LogP contribution in [-0.2, 0) is 0 Å². The summed E-state index contributed by atoms with van der Waals surface area (Å²) in [4.78, 5) is 7.92. The van der Waals surface area contributed by atoms with Gasteiger partial charge >= 0.3 is 0 Å². The molecule has 1 heterocycles. The molecular formula is C11H10BrFN4. The Morgan fingerprint density at radius 3 is 2.88 bits per heavy atom. The molecule has 0 aliphatic rings. The van der Waals surface area contributed by atoms with Gasteiger partial charge in [0, 0.05) is 10.0 Å². The number of nitrogens with two attached hydrogens (primary N) is 1. The van der Waals surface area contributed by atoms with Crippen LogP contribution in [0.15, 0.2) is 29.0 Å². The van der Waals surface area contributed by atoms with Crippen molar-refractivity contribution in [3.05, 3.63) is 40.4 Å². The second kappa shape index (κ2) is 4.67. The largest absolute Gasteiger partial charge is 0.383 e. The number of rotatable bonds is 2. The molecule has 0 aliphatic carbocycles. The summed E-state index contributed by atoms with van der Waals surface area (Å²) in [6.45, 7) is 1.80. The highest BCUT2D eigenvalue weighted by atomic mass is 79.9. The number of hydrogen-bond donors (Lipinski definition) is 2. The van der Waals surface area contributed by atoms with E-state index in [1.807, 2.05) is 0 Å². The maximum Gasteiger partial charge on any atom is 0.138 e. The van der Waals surface area contributed by atoms with Gasteiger partial charge in [0.2, 0.25) is 0 Å². The molecule has 0 unspecified atom stereocenters. The Morgan fingerprint density at radius 1 is 1.35 bits per heavy atom. The molecule has 0 fully saturated rings. The molecule has 2 rings (SSSR count). The fraction of sp³-hybridized carbons (Fsp3) is 0.0909. The van der Waals surface area contributed by atoms with Crippen LogP contribution in [0, 0.1) is 12.7 Å². The molecule has 1 aromatic carbocycles. The predicted molar refractivity (Wildman–Crippen MR) is 68.6 cm³/mol. The zero-order chi connectivity index (χ0) is 12.4. The highest BCUT2D eigenvalue weighted by Crippen LogP contribution is 2.27. The first-order valence-electron chi connectivity index (χ1n) is 4.87. The monoisotopic (exact) mass is 296 g/mol. The van der Waals surface area contributed by atoms with E-state index in [9.17, 15) is 4.39 Å². The van der Waals surface area contributed by atoms with E-state index in [-0.39, 0.29) is 5.82 Å². The third-order valence-corrected chi connectivity index (χ3v) is 3.00. The summed E-state index contributed by atoms with van der Waals surface area (Å²) < 4.78 is 13.9. The minimum Gasteiger partial charge on any atom is -0.383 e. The normalized spacial score (nSPS) is 10.3. The fourth-order valence-corrected chi connectivity index (χ4v) is 1.66. The van der Waals surface area contributed by atoms with Crippen LogP contribution in [-0.4, -0.2) is 9.97 Å². The third-order valence-electron chi connectivity index (χ3n) is 2.30. The number of anilines is 3. The van der Waals surface area contributed by atoms with E-state index in [4.69, 9.17) is 5.73 Å². The Morgan fingerprint density at radius 2 is 2.12 bits per heavy atom. The molecule has 0 atom stereocenters. The van der Waals surface area contributed by atoms with Crippen molar-refractivity contribution >= 4 is 33.3 Å². The zero-order valence-electron chi connectivity index (χ0n) is 9.04. The molecule has 3 N–H and O–H groups in total. The van der Waals surface area contributed by atoms with E-state index >= 15 is 0 Å². The molecule has 1 aromatic heterocycles. The summed E-state index contributed by atoms with van der Waals surface area (Å²) in [6.07, 6.45) is 1.36. The van der Waals surface area contributed by atoms with Gasteiger partial charge in [-0.1, -0.05) is 0 Å². The Kier molecular flexibility index (Phi) is 3.23. The van der Waals surface area contributed by atoms with Crippen molar-refractivity contribution < 1.29 is 4.39 Å². The van der Waals surface area contributed by atoms with E-state index in [0.717, 1.165) is 10.0 Å². The van der Waals surface area contributed by atoms with E-state index in [1.165, 1.54) is 18.5 Å². The van der Waals surface area contributed by atoms with Gasteiger partial charge in [-0.2, -0.15) is 0 Å². The van der Waals surface area contributed by atoms with Gasteiger partial charge < -0.3 is 11.1 Å². The summed E-state index contributed by atoms with van der Waals surface area (Å²) in [5.74, 6) is 0.634. The van der Waals surface area contributed by atoms with Crippen LogP contribution < -0.4 is 11.1 Å². The number of halogens is 2. The van der Waals surface area contributed by atoms with Crippen LogP contribution in [0.1, 0.15) is 5.56 Å². The molecule has 0 spiro atoms. The number of nitrogens with zero attached hydrogens (tertiary/aromatic N) is 2. The molecule has 0 aliphatic heterocycles. The topological polar surface area (TPSA) is 63.8 Å². The van der Waals surface area contributed by atoms with Gasteiger partial charge in [0.05, 0.1) is 5.69 Å². The van der Waals surface area contributed by atoms with Crippen LogP contribution in [0.25, 0.3) is 0 Å². The Balaban J connectivity index is 2.38. The highest BCUT2D eigenvalue weighted by Gasteiger charge is 2.07. The van der Waals surface area contributed by atoms with Crippen LogP contribution in [0.2, 0.25) is 0 Å². The predicted octanol–water partition coefficient (Wildman–Crippen LogP) is 3.01. The Bertz CT molecular complexity index is 559. The summed E-state index contributed by atoms with van der Waals surface area (Å²) in [7, 11) is 0. The lowest BCUT2D eigenvalue weighted by Gasteiger charge is -2.10. The first-order chi connectivity index (χ1) is 8.08. The highest BCUT2D eigenvalue weighted by molar-refractivity contribution is 9.10. The number of aromatic nitrogens is 2. The lowest BCUT2D eigenvalue weighted by Crippen LogP contribution is -2.02. The van der Waals surface area contributed by atoms with Crippen molar-refractivity contribution in [2.24, 2.45) is 0 Å². The van der Waals surface area contributed by atoms with Crippen molar-refractivity contribution in [2.75, 3.05) is 11.1 Å². The first kappa shape index (κ1) is 11.8. The number of nitrogens with one attached hydrogen (secondary N) is 1. The minimum atomic E-state index is -0.324. The quantitative estimate of drug-likeness (QED) is 0.894. The average Bonchev–Trinajstić information content (AvgIpc) is 2.30. The summed E-state index contributed by atoms with van der Waals surface area (Å²) in [5, 5.41) is 3.00. The van der Waals surface area contributed by atoms with Crippen LogP contribution in [0.5, 0.6) is 0 Å². The van der Waals surface area contributed by atoms with Gasteiger partial charge in [-0.25, -0.2) is 14.4 Å². The molecule has 0 amide bonds. The van der Waals surface area contributed by atoms with Crippen LogP contribution in [0.4, 0.5) is 21.7 Å². The maximum atomic E-state index is 13.1. The SMILES string of the molecule is Cc1c(N)ncnc1Nc1cc(F)ccc1Br. The van der Waals surface area contributed by atoms with Crippen molar-refractivity contribution in [3.8, 4) is 0 Å². The molecule has 4 nitrogen and oxygen atoms in total. The molecule has 0 radical (unpaired) electrons. The molecule has 88 valence electrons. The van der Waals surface area contributed by atoms with Gasteiger partial charge in [-0.3, -0.25) is 0 Å². The average molecular weight is 297 g/mol. The third kappa shape index (κ3) is 2.52. The molecule has 0 saturated heterocycles. The molecule has 0 saturated carbocycles. The second-order valence-electron chi connectivity index (χ2n) is 3.48. The molecule has 0 bridgehead atoms. The van der Waals surface area contributed by atoms with Gasteiger partial charge in [0.25, 0.3) is 0 Å². The second-order valence-corrected chi connectivity index (χ2v) is 4.34. The summed E-state index contributed by atoms with van der Waals surface area (Å²) >= 11 is 3.33. The number of benzene rings is 1. The van der Waals surface area contributed by atoms with Crippen LogP contribution in [0.3, 0.4) is 0 Å². The number of hydrogen-bond acceptors (Lipinski definition) is 4. The van der Waals surface area contributed by atoms with Crippen LogP contribution >= 0.6 is 15.9 Å². The van der Waals surface area contributed by atoms with Crippen molar-refractivity contribution in [1.82, 2.24) is 9.97 Å². The summed E-state index contributed by atoms with van der Waals surface area (Å²) in [5.41, 5.74) is 6.98. The number of nitrogen functional groups attached to an aromatic ring is 1. The van der Waals surface area contributed by atoms with Gasteiger partial charge in [0.15, 0.2) is 0 Å². The molecule has 6 heteroatoms. The van der Waals surface area contributed by atoms with E-state index in [1.54, 1.807) is 13.0 Å².